The Morgan fingerprint density at radius 1 is 1.27 bits per heavy atom. The van der Waals surface area contributed by atoms with Gasteiger partial charge in [-0.3, -0.25) is 9.59 Å². The molecule has 6 nitrogen and oxygen atoms in total. The van der Waals surface area contributed by atoms with Crippen LogP contribution in [-0.4, -0.2) is 36.7 Å². The number of esters is 3. The molecule has 2 aliphatic carbocycles. The highest BCUT2D eigenvalue weighted by atomic mass is 16.6. The summed E-state index contributed by atoms with van der Waals surface area (Å²) in [6.45, 7) is 15.6. The maximum atomic E-state index is 13.1. The standard InChI is InChI=1S/C24H34O6/c1-8-14(4)21(26)29-17-10-9-15(5)23(7)12-24(16(6)11-28-22(24)27)19(18(17)23)30-20(25)13(2)3/h8,13,15,17-19H,6,9-12H2,1-5,7H3/b14-8-/t15-,17-,18+,19+,23+,24+/m0/s1. The van der Waals surface area contributed by atoms with Crippen molar-refractivity contribution in [3.63, 3.8) is 0 Å². The first-order valence-electron chi connectivity index (χ1n) is 10.9. The molecule has 2 saturated carbocycles. The fourth-order valence-electron chi connectivity index (χ4n) is 5.50. The number of carbonyl (C=O) groups excluding carboxylic acids is 3. The number of hydrogen-bond donors (Lipinski definition) is 0. The number of carbonyl (C=O) groups is 3. The molecule has 0 aromatic rings. The summed E-state index contributed by atoms with van der Waals surface area (Å²) in [4.78, 5) is 38.3. The highest BCUT2D eigenvalue weighted by Crippen LogP contribution is 2.66. The molecule has 3 aliphatic rings. The Balaban J connectivity index is 2.08. The molecule has 30 heavy (non-hydrogen) atoms. The van der Waals surface area contributed by atoms with Crippen LogP contribution in [0.2, 0.25) is 0 Å². The quantitative estimate of drug-likeness (QED) is 0.297. The van der Waals surface area contributed by atoms with E-state index >= 15 is 0 Å². The SMILES string of the molecule is C=C1COC(=O)[C@]12C[C@@]1(C)[C@H]([C@@H](OC(=O)/C(C)=C\C)CC[C@@H]1C)[C@H]2OC(=O)C(C)C. The number of rotatable bonds is 4. The van der Waals surface area contributed by atoms with Gasteiger partial charge in [-0.15, -0.1) is 0 Å². The van der Waals surface area contributed by atoms with Crippen LogP contribution in [0.25, 0.3) is 0 Å². The lowest BCUT2D eigenvalue weighted by molar-refractivity contribution is -0.176. The third kappa shape index (κ3) is 3.28. The number of hydrogen-bond acceptors (Lipinski definition) is 6. The summed E-state index contributed by atoms with van der Waals surface area (Å²) in [6.07, 6.45) is 2.52. The van der Waals surface area contributed by atoms with Crippen LogP contribution in [0.5, 0.6) is 0 Å². The first-order chi connectivity index (χ1) is 14.0. The molecule has 1 heterocycles. The molecule has 6 heteroatoms. The number of allylic oxidation sites excluding steroid dienone is 1. The molecule has 166 valence electrons. The molecule has 0 aromatic carbocycles. The molecule has 0 aromatic heterocycles. The van der Waals surface area contributed by atoms with Crippen molar-refractivity contribution in [2.45, 2.75) is 73.0 Å². The molecule has 1 saturated heterocycles. The summed E-state index contributed by atoms with van der Waals surface area (Å²) in [5.74, 6) is -1.51. The third-order valence-electron chi connectivity index (χ3n) is 7.74. The highest BCUT2D eigenvalue weighted by molar-refractivity contribution is 5.88. The Kier molecular flexibility index (Phi) is 5.91. The van der Waals surface area contributed by atoms with Crippen LogP contribution in [0.1, 0.15) is 60.8 Å². The van der Waals surface area contributed by atoms with Gasteiger partial charge in [-0.05, 0) is 50.0 Å². The van der Waals surface area contributed by atoms with Crippen molar-refractivity contribution in [1.82, 2.24) is 0 Å². The van der Waals surface area contributed by atoms with Crippen molar-refractivity contribution < 1.29 is 28.6 Å². The van der Waals surface area contributed by atoms with Crippen LogP contribution < -0.4 is 0 Å². The Morgan fingerprint density at radius 3 is 2.47 bits per heavy atom. The van der Waals surface area contributed by atoms with Gasteiger partial charge in [0, 0.05) is 11.5 Å². The molecule has 0 N–H and O–H groups in total. The lowest BCUT2D eigenvalue weighted by Crippen LogP contribution is -2.50. The van der Waals surface area contributed by atoms with E-state index in [4.69, 9.17) is 14.2 Å². The molecule has 3 rings (SSSR count). The van der Waals surface area contributed by atoms with Crippen molar-refractivity contribution >= 4 is 17.9 Å². The van der Waals surface area contributed by atoms with Gasteiger partial charge in [0.05, 0.1) is 5.92 Å². The maximum absolute atomic E-state index is 13.1. The van der Waals surface area contributed by atoms with Gasteiger partial charge in [0.2, 0.25) is 0 Å². The highest BCUT2D eigenvalue weighted by Gasteiger charge is 2.72. The fraction of sp³-hybridized carbons (Fsp3) is 0.708. The minimum Gasteiger partial charge on any atom is -0.460 e. The van der Waals surface area contributed by atoms with E-state index in [1.165, 1.54) is 0 Å². The lowest BCUT2D eigenvalue weighted by atomic mass is 9.61. The molecule has 0 bridgehead atoms. The van der Waals surface area contributed by atoms with E-state index in [2.05, 4.69) is 20.4 Å². The first-order valence-corrected chi connectivity index (χ1v) is 10.9. The van der Waals surface area contributed by atoms with E-state index < -0.39 is 17.6 Å². The van der Waals surface area contributed by atoms with Crippen LogP contribution in [0, 0.1) is 28.6 Å². The molecule has 0 unspecified atom stereocenters. The Hall–Kier alpha value is -2.11. The normalized spacial score (nSPS) is 38.6. The smallest absolute Gasteiger partial charge is 0.333 e. The molecular weight excluding hydrogens is 384 g/mol. The van der Waals surface area contributed by atoms with E-state index in [-0.39, 0.29) is 47.7 Å². The average molecular weight is 419 g/mol. The monoisotopic (exact) mass is 418 g/mol. The molecular formula is C24H34O6. The van der Waals surface area contributed by atoms with E-state index in [0.29, 0.717) is 24.0 Å². The second-order valence-corrected chi connectivity index (χ2v) is 9.77. The van der Waals surface area contributed by atoms with Crippen molar-refractivity contribution in [3.05, 3.63) is 23.8 Å². The van der Waals surface area contributed by atoms with Gasteiger partial charge in [0.25, 0.3) is 0 Å². The van der Waals surface area contributed by atoms with Crippen LogP contribution in [0.4, 0.5) is 0 Å². The summed E-state index contributed by atoms with van der Waals surface area (Å²) in [5, 5.41) is 0. The van der Waals surface area contributed by atoms with Crippen LogP contribution >= 0.6 is 0 Å². The number of fused-ring (bicyclic) bond motifs is 1. The first kappa shape index (κ1) is 22.6. The van der Waals surface area contributed by atoms with E-state index in [9.17, 15) is 14.4 Å². The van der Waals surface area contributed by atoms with Crippen molar-refractivity contribution in [3.8, 4) is 0 Å². The van der Waals surface area contributed by atoms with Crippen LogP contribution in [-0.2, 0) is 28.6 Å². The predicted molar refractivity (Wildman–Crippen MR) is 111 cm³/mol. The van der Waals surface area contributed by atoms with Crippen LogP contribution in [0.3, 0.4) is 0 Å². The van der Waals surface area contributed by atoms with Gasteiger partial charge in [0.1, 0.15) is 24.2 Å². The average Bonchev–Trinajstić information content (AvgIpc) is 3.13. The summed E-state index contributed by atoms with van der Waals surface area (Å²) in [6, 6.07) is 0. The molecule has 1 aliphatic heterocycles. The zero-order chi connectivity index (χ0) is 22.4. The Bertz CT molecular complexity index is 778. The minimum absolute atomic E-state index is 0.133. The summed E-state index contributed by atoms with van der Waals surface area (Å²) in [7, 11) is 0. The maximum Gasteiger partial charge on any atom is 0.333 e. The van der Waals surface area contributed by atoms with E-state index in [0.717, 1.165) is 6.42 Å². The Morgan fingerprint density at radius 2 is 1.93 bits per heavy atom. The minimum atomic E-state index is -1.08. The van der Waals surface area contributed by atoms with Crippen molar-refractivity contribution in [1.29, 1.82) is 0 Å². The largest absolute Gasteiger partial charge is 0.460 e. The van der Waals surface area contributed by atoms with Crippen molar-refractivity contribution in [2.75, 3.05) is 6.61 Å². The molecule has 6 atom stereocenters. The zero-order valence-electron chi connectivity index (χ0n) is 18.9. The second kappa shape index (κ2) is 7.86. The van der Waals surface area contributed by atoms with Crippen LogP contribution in [0.15, 0.2) is 23.8 Å². The van der Waals surface area contributed by atoms with Gasteiger partial charge in [-0.2, -0.15) is 0 Å². The molecule has 0 amide bonds. The van der Waals surface area contributed by atoms with Gasteiger partial charge in [-0.25, -0.2) is 4.79 Å². The van der Waals surface area contributed by atoms with Gasteiger partial charge in [0.15, 0.2) is 0 Å². The summed E-state index contributed by atoms with van der Waals surface area (Å²) in [5.41, 5.74) is -0.264. The number of ether oxygens (including phenoxy) is 3. The zero-order valence-corrected chi connectivity index (χ0v) is 18.9. The summed E-state index contributed by atoms with van der Waals surface area (Å²) < 4.78 is 17.4. The van der Waals surface area contributed by atoms with E-state index in [1.54, 1.807) is 33.8 Å². The van der Waals surface area contributed by atoms with E-state index in [1.807, 2.05) is 0 Å². The predicted octanol–water partition coefficient (Wildman–Crippen LogP) is 3.99. The Labute approximate surface area is 179 Å². The fourth-order valence-corrected chi connectivity index (χ4v) is 5.50. The van der Waals surface area contributed by atoms with Gasteiger partial charge in [-0.1, -0.05) is 40.3 Å². The molecule has 0 radical (unpaired) electrons. The topological polar surface area (TPSA) is 78.9 Å². The van der Waals surface area contributed by atoms with Gasteiger partial charge < -0.3 is 14.2 Å². The lowest BCUT2D eigenvalue weighted by Gasteiger charge is -2.46. The van der Waals surface area contributed by atoms with Crippen molar-refractivity contribution in [2.24, 2.45) is 28.6 Å². The summed E-state index contributed by atoms with van der Waals surface area (Å²) >= 11 is 0. The number of cyclic esters (lactones) is 1. The molecule has 1 spiro atoms. The van der Waals surface area contributed by atoms with Gasteiger partial charge >= 0.3 is 17.9 Å². The third-order valence-corrected chi connectivity index (χ3v) is 7.74. The second-order valence-electron chi connectivity index (χ2n) is 9.77. The molecule has 3 fully saturated rings.